The predicted octanol–water partition coefficient (Wildman–Crippen LogP) is 4.01. The predicted molar refractivity (Wildman–Crippen MR) is 111 cm³/mol. The third-order valence-electron chi connectivity index (χ3n) is 5.33. The van der Waals surface area contributed by atoms with Crippen LogP contribution < -0.4 is 10.1 Å². The van der Waals surface area contributed by atoms with E-state index in [0.29, 0.717) is 13.1 Å². The Bertz CT molecular complexity index is 969. The van der Waals surface area contributed by atoms with Gasteiger partial charge in [-0.15, -0.1) is 0 Å². The number of anilines is 1. The van der Waals surface area contributed by atoms with Crippen LogP contribution in [0.1, 0.15) is 36.0 Å². The number of carbonyl (C=O) groups is 1. The lowest BCUT2D eigenvalue weighted by Crippen LogP contribution is -2.35. The topological polar surface area (TPSA) is 72.3 Å². The number of nitrogens with one attached hydrogen (secondary N) is 1. The molecule has 0 bridgehead atoms. The number of likely N-dealkylation sites (tertiary alicyclic amines) is 1. The van der Waals surface area contributed by atoms with Crippen LogP contribution in [0.25, 0.3) is 0 Å². The first-order chi connectivity index (χ1) is 14.2. The van der Waals surface area contributed by atoms with Crippen LogP contribution in [0.5, 0.6) is 5.75 Å². The Hall–Kier alpha value is -3.35. The number of rotatable bonds is 5. The molecule has 1 N–H and O–H groups in total. The van der Waals surface area contributed by atoms with Crippen molar-refractivity contribution in [3.8, 4) is 5.75 Å². The van der Waals surface area contributed by atoms with E-state index in [1.54, 1.807) is 19.5 Å². The van der Waals surface area contributed by atoms with E-state index in [1.807, 2.05) is 47.5 Å². The minimum Gasteiger partial charge on any atom is -0.497 e. The molecule has 0 saturated carbocycles. The number of aromatic nitrogens is 3. The number of hydrogen-bond acceptors (Lipinski definition) is 4. The molecule has 7 heteroatoms. The Balaban J connectivity index is 1.53. The Kier molecular flexibility index (Phi) is 5.46. The smallest absolute Gasteiger partial charge is 0.322 e. The number of nitrogens with zero attached hydrogens (tertiary/aromatic N) is 4. The molecule has 150 valence electrons. The fourth-order valence-corrected chi connectivity index (χ4v) is 3.77. The van der Waals surface area contributed by atoms with Gasteiger partial charge in [0, 0.05) is 43.1 Å². The largest absolute Gasteiger partial charge is 0.497 e. The molecule has 2 aromatic heterocycles. The van der Waals surface area contributed by atoms with E-state index in [1.165, 1.54) is 0 Å². The van der Waals surface area contributed by atoms with Gasteiger partial charge in [-0.3, -0.25) is 4.98 Å². The van der Waals surface area contributed by atoms with Crippen molar-refractivity contribution in [2.75, 3.05) is 19.0 Å². The number of pyridine rings is 1. The molecule has 1 aliphatic rings. The SMILES string of the molecule is COc1ccc(NC(=O)N2CCCC2c2ncc(C)n2Cc2ccncc2)cc1. The van der Waals surface area contributed by atoms with E-state index >= 15 is 0 Å². The summed E-state index contributed by atoms with van der Waals surface area (Å²) in [6, 6.07) is 11.2. The van der Waals surface area contributed by atoms with Crippen molar-refractivity contribution < 1.29 is 9.53 Å². The first-order valence-electron chi connectivity index (χ1n) is 9.78. The number of amides is 2. The molecule has 3 heterocycles. The molecule has 0 spiro atoms. The highest BCUT2D eigenvalue weighted by Gasteiger charge is 2.33. The highest BCUT2D eigenvalue weighted by atomic mass is 16.5. The molecule has 3 aromatic rings. The zero-order chi connectivity index (χ0) is 20.2. The number of aryl methyl sites for hydroxylation is 1. The average Bonchev–Trinajstić information content (AvgIpc) is 3.36. The van der Waals surface area contributed by atoms with Gasteiger partial charge in [0.2, 0.25) is 0 Å². The Labute approximate surface area is 170 Å². The van der Waals surface area contributed by atoms with E-state index in [2.05, 4.69) is 26.8 Å². The van der Waals surface area contributed by atoms with Crippen LogP contribution >= 0.6 is 0 Å². The number of carbonyl (C=O) groups excluding carboxylic acids is 1. The van der Waals surface area contributed by atoms with Crippen LogP contribution in [0.15, 0.2) is 55.0 Å². The number of benzene rings is 1. The third kappa shape index (κ3) is 4.08. The van der Waals surface area contributed by atoms with Crippen molar-refractivity contribution in [3.63, 3.8) is 0 Å². The quantitative estimate of drug-likeness (QED) is 0.713. The van der Waals surface area contributed by atoms with Crippen molar-refractivity contribution in [2.45, 2.75) is 32.4 Å². The van der Waals surface area contributed by atoms with Gasteiger partial charge in [-0.05, 0) is 61.7 Å². The van der Waals surface area contributed by atoms with Gasteiger partial charge in [0.1, 0.15) is 11.6 Å². The average molecular weight is 391 g/mol. The van der Waals surface area contributed by atoms with Crippen molar-refractivity contribution in [3.05, 3.63) is 72.1 Å². The van der Waals surface area contributed by atoms with E-state index in [9.17, 15) is 4.79 Å². The highest BCUT2D eigenvalue weighted by molar-refractivity contribution is 5.89. The highest BCUT2D eigenvalue weighted by Crippen LogP contribution is 2.32. The second-order valence-corrected chi connectivity index (χ2v) is 7.21. The summed E-state index contributed by atoms with van der Waals surface area (Å²) < 4.78 is 7.37. The van der Waals surface area contributed by atoms with Crippen LogP contribution in [0.2, 0.25) is 0 Å². The molecule has 29 heavy (non-hydrogen) atoms. The Morgan fingerprint density at radius 1 is 1.21 bits per heavy atom. The van der Waals surface area contributed by atoms with Crippen molar-refractivity contribution >= 4 is 11.7 Å². The van der Waals surface area contributed by atoms with E-state index in [0.717, 1.165) is 41.4 Å². The summed E-state index contributed by atoms with van der Waals surface area (Å²) in [5.41, 5.74) is 2.99. The third-order valence-corrected chi connectivity index (χ3v) is 5.33. The van der Waals surface area contributed by atoms with Crippen LogP contribution in [-0.2, 0) is 6.54 Å². The molecule has 1 aliphatic heterocycles. The second-order valence-electron chi connectivity index (χ2n) is 7.21. The molecular formula is C22H25N5O2. The minimum absolute atomic E-state index is 0.0382. The molecule has 1 unspecified atom stereocenters. The first kappa shape index (κ1) is 19.0. The van der Waals surface area contributed by atoms with Gasteiger partial charge < -0.3 is 19.5 Å². The zero-order valence-electron chi connectivity index (χ0n) is 16.7. The van der Waals surface area contributed by atoms with Gasteiger partial charge in [0.15, 0.2) is 0 Å². The van der Waals surface area contributed by atoms with Gasteiger partial charge in [-0.1, -0.05) is 0 Å². The van der Waals surface area contributed by atoms with E-state index in [-0.39, 0.29) is 12.1 Å². The van der Waals surface area contributed by atoms with Crippen molar-refractivity contribution in [1.82, 2.24) is 19.4 Å². The Morgan fingerprint density at radius 2 is 1.97 bits per heavy atom. The molecule has 1 atom stereocenters. The number of urea groups is 1. The molecule has 4 rings (SSSR count). The fourth-order valence-electron chi connectivity index (χ4n) is 3.77. The van der Waals surface area contributed by atoms with Crippen molar-refractivity contribution in [1.29, 1.82) is 0 Å². The summed E-state index contributed by atoms with van der Waals surface area (Å²) in [4.78, 5) is 23.6. The van der Waals surface area contributed by atoms with E-state index < -0.39 is 0 Å². The Morgan fingerprint density at radius 3 is 2.69 bits per heavy atom. The molecule has 0 aliphatic carbocycles. The zero-order valence-corrected chi connectivity index (χ0v) is 16.7. The minimum atomic E-state index is -0.103. The number of imidazole rings is 1. The maximum absolute atomic E-state index is 13.0. The molecule has 1 saturated heterocycles. The first-order valence-corrected chi connectivity index (χ1v) is 9.78. The lowest BCUT2D eigenvalue weighted by atomic mass is 10.2. The summed E-state index contributed by atoms with van der Waals surface area (Å²) in [6.45, 7) is 3.48. The molecule has 1 aromatic carbocycles. The van der Waals surface area contributed by atoms with Crippen LogP contribution in [0, 0.1) is 6.92 Å². The lowest BCUT2D eigenvalue weighted by molar-refractivity contribution is 0.204. The maximum Gasteiger partial charge on any atom is 0.322 e. The van der Waals surface area contributed by atoms with Crippen LogP contribution in [0.4, 0.5) is 10.5 Å². The fraction of sp³-hybridized carbons (Fsp3) is 0.318. The normalized spacial score (nSPS) is 16.1. The summed E-state index contributed by atoms with van der Waals surface area (Å²) >= 11 is 0. The molecular weight excluding hydrogens is 366 g/mol. The summed E-state index contributed by atoms with van der Waals surface area (Å²) in [6.07, 6.45) is 7.34. The maximum atomic E-state index is 13.0. The van der Waals surface area contributed by atoms with Gasteiger partial charge in [0.25, 0.3) is 0 Å². The number of ether oxygens (including phenoxy) is 1. The molecule has 1 fully saturated rings. The standard InChI is InChI=1S/C22H25N5O2/c1-16-14-24-21(27(16)15-17-9-11-23-12-10-17)20-4-3-13-26(20)22(28)25-18-5-7-19(29-2)8-6-18/h5-12,14,20H,3-4,13,15H2,1-2H3,(H,25,28). The lowest BCUT2D eigenvalue weighted by Gasteiger charge is -2.25. The summed E-state index contributed by atoms with van der Waals surface area (Å²) in [5.74, 6) is 1.69. The van der Waals surface area contributed by atoms with Gasteiger partial charge >= 0.3 is 6.03 Å². The van der Waals surface area contributed by atoms with Gasteiger partial charge in [-0.25, -0.2) is 9.78 Å². The van der Waals surface area contributed by atoms with Crippen molar-refractivity contribution in [2.24, 2.45) is 0 Å². The summed E-state index contributed by atoms with van der Waals surface area (Å²) in [5, 5.41) is 3.00. The van der Waals surface area contributed by atoms with Gasteiger partial charge in [0.05, 0.1) is 13.2 Å². The summed E-state index contributed by atoms with van der Waals surface area (Å²) in [7, 11) is 1.62. The van der Waals surface area contributed by atoms with Crippen LogP contribution in [-0.4, -0.2) is 39.1 Å². The number of methoxy groups -OCH3 is 1. The van der Waals surface area contributed by atoms with E-state index in [4.69, 9.17) is 4.74 Å². The number of hydrogen-bond donors (Lipinski definition) is 1. The monoisotopic (exact) mass is 391 g/mol. The molecule has 7 nitrogen and oxygen atoms in total. The van der Waals surface area contributed by atoms with Crippen LogP contribution in [0.3, 0.4) is 0 Å². The molecule has 0 radical (unpaired) electrons. The molecule has 2 amide bonds. The second kappa shape index (κ2) is 8.34. The van der Waals surface area contributed by atoms with Gasteiger partial charge in [-0.2, -0.15) is 0 Å².